The van der Waals surface area contributed by atoms with Crippen molar-refractivity contribution in [1.29, 1.82) is 0 Å². The van der Waals surface area contributed by atoms with Gasteiger partial charge in [-0.05, 0) is 18.6 Å². The number of hydrogen-bond donors (Lipinski definition) is 1. The van der Waals surface area contributed by atoms with Crippen LogP contribution in [0.2, 0.25) is 0 Å². The van der Waals surface area contributed by atoms with E-state index in [1.54, 1.807) is 7.11 Å². The second-order valence-electron chi connectivity index (χ2n) is 3.01. The molecule has 3 heteroatoms. The van der Waals surface area contributed by atoms with Gasteiger partial charge in [-0.2, -0.15) is 0 Å². The summed E-state index contributed by atoms with van der Waals surface area (Å²) in [6.07, 6.45) is 6.80. The minimum Gasteiger partial charge on any atom is -0.375 e. The van der Waals surface area contributed by atoms with Crippen molar-refractivity contribution in [3.8, 4) is 0 Å². The number of methoxy groups -OCH3 is 1. The smallest absolute Gasteiger partial charge is 0.0971 e. The van der Waals surface area contributed by atoms with Gasteiger partial charge in [0.15, 0.2) is 0 Å². The van der Waals surface area contributed by atoms with E-state index in [9.17, 15) is 0 Å². The number of hydrogen-bond acceptors (Lipinski definition) is 2. The van der Waals surface area contributed by atoms with Crippen LogP contribution in [0.1, 0.15) is 13.3 Å². The number of allylic oxidation sites excluding steroid dienone is 2. The summed E-state index contributed by atoms with van der Waals surface area (Å²) in [6.45, 7) is 2.06. The zero-order valence-electron chi connectivity index (χ0n) is 7.38. The molecule has 0 aromatic rings. The zero-order chi connectivity index (χ0) is 9.19. The van der Waals surface area contributed by atoms with E-state index in [1.807, 2.05) is 18.2 Å². The van der Waals surface area contributed by atoms with Gasteiger partial charge in [0.1, 0.15) is 0 Å². The van der Waals surface area contributed by atoms with Gasteiger partial charge in [-0.1, -0.05) is 28.9 Å². The van der Waals surface area contributed by atoms with Crippen LogP contribution < -0.4 is 5.73 Å². The number of rotatable bonds is 2. The van der Waals surface area contributed by atoms with Crippen molar-refractivity contribution in [3.05, 3.63) is 22.7 Å². The molecule has 2 N–H and O–H groups in total. The molecule has 0 saturated carbocycles. The highest BCUT2D eigenvalue weighted by molar-refractivity contribution is 9.11. The van der Waals surface area contributed by atoms with Crippen LogP contribution >= 0.6 is 15.9 Å². The molecular weight excluding hydrogens is 218 g/mol. The molecule has 0 saturated heterocycles. The van der Waals surface area contributed by atoms with Crippen LogP contribution in [0.15, 0.2) is 22.7 Å². The zero-order valence-corrected chi connectivity index (χ0v) is 8.97. The van der Waals surface area contributed by atoms with Crippen molar-refractivity contribution < 1.29 is 4.74 Å². The molecule has 1 aliphatic carbocycles. The van der Waals surface area contributed by atoms with Gasteiger partial charge < -0.3 is 10.5 Å². The Hall–Kier alpha value is -0.120. The first-order valence-corrected chi connectivity index (χ1v) is 4.80. The molecule has 0 spiro atoms. The van der Waals surface area contributed by atoms with Crippen molar-refractivity contribution in [2.75, 3.05) is 7.11 Å². The lowest BCUT2D eigenvalue weighted by Gasteiger charge is -2.33. The largest absolute Gasteiger partial charge is 0.375 e. The molecule has 1 aliphatic rings. The van der Waals surface area contributed by atoms with Gasteiger partial charge in [0.2, 0.25) is 0 Å². The van der Waals surface area contributed by atoms with E-state index in [-0.39, 0.29) is 11.6 Å². The lowest BCUT2D eigenvalue weighted by atomic mass is 9.87. The number of nitrogens with two attached hydrogens (primary N) is 1. The van der Waals surface area contributed by atoms with Gasteiger partial charge >= 0.3 is 0 Å². The highest BCUT2D eigenvalue weighted by atomic mass is 79.9. The monoisotopic (exact) mass is 231 g/mol. The van der Waals surface area contributed by atoms with Crippen LogP contribution in [0.25, 0.3) is 0 Å². The third kappa shape index (κ3) is 1.79. The lowest BCUT2D eigenvalue weighted by Crippen LogP contribution is -2.49. The van der Waals surface area contributed by atoms with Gasteiger partial charge in [0, 0.05) is 11.6 Å². The van der Waals surface area contributed by atoms with Crippen molar-refractivity contribution in [1.82, 2.24) is 0 Å². The fourth-order valence-electron chi connectivity index (χ4n) is 1.35. The summed E-state index contributed by atoms with van der Waals surface area (Å²) in [7, 11) is 1.68. The Morgan fingerprint density at radius 2 is 2.42 bits per heavy atom. The molecule has 0 amide bonds. The van der Waals surface area contributed by atoms with E-state index in [1.165, 1.54) is 0 Å². The van der Waals surface area contributed by atoms with Gasteiger partial charge in [-0.3, -0.25) is 0 Å². The van der Waals surface area contributed by atoms with E-state index in [0.717, 1.165) is 10.9 Å². The van der Waals surface area contributed by atoms with E-state index in [0.29, 0.717) is 0 Å². The van der Waals surface area contributed by atoms with Crippen molar-refractivity contribution in [2.24, 2.45) is 5.73 Å². The average molecular weight is 232 g/mol. The van der Waals surface area contributed by atoms with Gasteiger partial charge in [-0.15, -0.1) is 0 Å². The maximum atomic E-state index is 6.12. The standard InChI is InChI=1S/C9H14BrNO/c1-3-9(11)6-7(10)4-5-8(9)12-2/h4-6,8H,3,11H2,1-2H3. The Bertz CT molecular complexity index is 225. The first kappa shape index (κ1) is 9.96. The maximum absolute atomic E-state index is 6.12. The van der Waals surface area contributed by atoms with Crippen LogP contribution in [0.5, 0.6) is 0 Å². The summed E-state index contributed by atoms with van der Waals surface area (Å²) >= 11 is 3.40. The molecule has 1 rings (SSSR count). The Labute approximate surface area is 81.6 Å². The molecule has 2 nitrogen and oxygen atoms in total. The summed E-state index contributed by atoms with van der Waals surface area (Å²) < 4.78 is 6.30. The Balaban J connectivity index is 2.88. The minimum atomic E-state index is -0.359. The normalized spacial score (nSPS) is 35.0. The molecule has 12 heavy (non-hydrogen) atoms. The topological polar surface area (TPSA) is 35.2 Å². The fourth-order valence-corrected chi connectivity index (χ4v) is 1.93. The summed E-state index contributed by atoms with van der Waals surface area (Å²) in [4.78, 5) is 0. The van der Waals surface area contributed by atoms with E-state index < -0.39 is 0 Å². The quantitative estimate of drug-likeness (QED) is 0.789. The molecule has 0 bridgehead atoms. The van der Waals surface area contributed by atoms with Crippen LogP contribution in [0.4, 0.5) is 0 Å². The fraction of sp³-hybridized carbons (Fsp3) is 0.556. The molecule has 0 fully saturated rings. The van der Waals surface area contributed by atoms with Crippen LogP contribution in [0, 0.1) is 0 Å². The number of halogens is 1. The van der Waals surface area contributed by atoms with E-state index in [2.05, 4.69) is 22.9 Å². The van der Waals surface area contributed by atoms with E-state index in [4.69, 9.17) is 10.5 Å². The third-order valence-electron chi connectivity index (χ3n) is 2.23. The minimum absolute atomic E-state index is 0.0104. The van der Waals surface area contributed by atoms with Crippen molar-refractivity contribution in [3.63, 3.8) is 0 Å². The lowest BCUT2D eigenvalue weighted by molar-refractivity contribution is 0.0878. The molecule has 2 atom stereocenters. The highest BCUT2D eigenvalue weighted by Crippen LogP contribution is 2.26. The summed E-state index contributed by atoms with van der Waals surface area (Å²) in [5.41, 5.74) is 5.76. The summed E-state index contributed by atoms with van der Waals surface area (Å²) in [6, 6.07) is 0. The second-order valence-corrected chi connectivity index (χ2v) is 3.93. The molecule has 68 valence electrons. The van der Waals surface area contributed by atoms with Crippen LogP contribution in [-0.2, 0) is 4.74 Å². The molecular formula is C9H14BrNO. The molecule has 2 unspecified atom stereocenters. The van der Waals surface area contributed by atoms with Gasteiger partial charge in [0.05, 0.1) is 11.6 Å². The first-order valence-electron chi connectivity index (χ1n) is 4.00. The highest BCUT2D eigenvalue weighted by Gasteiger charge is 2.31. The third-order valence-corrected chi connectivity index (χ3v) is 2.73. The van der Waals surface area contributed by atoms with Crippen molar-refractivity contribution >= 4 is 15.9 Å². The maximum Gasteiger partial charge on any atom is 0.0971 e. The Morgan fingerprint density at radius 1 is 1.75 bits per heavy atom. The Morgan fingerprint density at radius 3 is 2.92 bits per heavy atom. The second kappa shape index (κ2) is 3.73. The van der Waals surface area contributed by atoms with Gasteiger partial charge in [0.25, 0.3) is 0 Å². The first-order chi connectivity index (χ1) is 5.62. The molecule has 0 aromatic carbocycles. The SMILES string of the molecule is CCC1(N)C=C(Br)C=CC1OC. The van der Waals surface area contributed by atoms with Crippen LogP contribution in [-0.4, -0.2) is 18.8 Å². The Kier molecular flexibility index (Phi) is 3.09. The average Bonchev–Trinajstić information content (AvgIpc) is 2.05. The molecule has 0 aliphatic heterocycles. The number of ether oxygens (including phenoxy) is 1. The predicted molar refractivity (Wildman–Crippen MR) is 54.2 cm³/mol. The summed E-state index contributed by atoms with van der Waals surface area (Å²) in [5.74, 6) is 0. The predicted octanol–water partition coefficient (Wildman–Crippen LogP) is 1.96. The molecule has 0 heterocycles. The summed E-state index contributed by atoms with van der Waals surface area (Å²) in [5, 5.41) is 0. The van der Waals surface area contributed by atoms with Gasteiger partial charge in [-0.25, -0.2) is 0 Å². The van der Waals surface area contributed by atoms with Crippen molar-refractivity contribution in [2.45, 2.75) is 25.0 Å². The molecule has 0 aromatic heterocycles. The molecule has 0 radical (unpaired) electrons. The van der Waals surface area contributed by atoms with E-state index >= 15 is 0 Å². The van der Waals surface area contributed by atoms with Crippen LogP contribution in [0.3, 0.4) is 0 Å².